The summed E-state index contributed by atoms with van der Waals surface area (Å²) in [6.45, 7) is 0.735. The summed E-state index contributed by atoms with van der Waals surface area (Å²) in [6.07, 6.45) is 5.43. The van der Waals surface area contributed by atoms with E-state index in [1.54, 1.807) is 12.4 Å². The highest BCUT2D eigenvalue weighted by Gasteiger charge is 2.32. The number of fused-ring (bicyclic) bond motifs is 1. The summed E-state index contributed by atoms with van der Waals surface area (Å²) < 4.78 is 0. The molecule has 1 aliphatic heterocycles. The van der Waals surface area contributed by atoms with Crippen molar-refractivity contribution in [1.82, 2.24) is 19.9 Å². The van der Waals surface area contributed by atoms with Crippen LogP contribution < -0.4 is 0 Å². The molecule has 142 valence electrons. The van der Waals surface area contributed by atoms with Crippen LogP contribution in [0.2, 0.25) is 0 Å². The van der Waals surface area contributed by atoms with Crippen LogP contribution in [-0.4, -0.2) is 32.3 Å². The van der Waals surface area contributed by atoms with Gasteiger partial charge in [0.25, 0.3) is 5.91 Å². The largest absolute Gasteiger partial charge is 0.330 e. The van der Waals surface area contributed by atoms with Gasteiger partial charge in [-0.05, 0) is 43.2 Å². The van der Waals surface area contributed by atoms with Crippen molar-refractivity contribution in [3.63, 3.8) is 0 Å². The maximum absolute atomic E-state index is 13.3. The van der Waals surface area contributed by atoms with Crippen molar-refractivity contribution in [3.05, 3.63) is 90.4 Å². The second-order valence-electron chi connectivity index (χ2n) is 7.24. The van der Waals surface area contributed by atoms with Crippen LogP contribution in [0.1, 0.15) is 34.9 Å². The fourth-order valence-electron chi connectivity index (χ4n) is 3.98. The van der Waals surface area contributed by atoms with Gasteiger partial charge in [0.15, 0.2) is 5.82 Å². The van der Waals surface area contributed by atoms with Crippen LogP contribution in [0.5, 0.6) is 0 Å². The second-order valence-corrected chi connectivity index (χ2v) is 7.24. The predicted molar refractivity (Wildman–Crippen MR) is 112 cm³/mol. The van der Waals surface area contributed by atoms with Gasteiger partial charge in [-0.2, -0.15) is 0 Å². The van der Waals surface area contributed by atoms with E-state index in [0.717, 1.165) is 41.5 Å². The van der Waals surface area contributed by atoms with Crippen LogP contribution in [0, 0.1) is 0 Å². The molecule has 1 amide bonds. The maximum atomic E-state index is 13.3. The summed E-state index contributed by atoms with van der Waals surface area (Å²) in [5.74, 6) is 0.734. The Kier molecular flexibility index (Phi) is 4.48. The first-order valence-corrected chi connectivity index (χ1v) is 9.84. The molecule has 0 saturated carbocycles. The van der Waals surface area contributed by atoms with E-state index in [0.29, 0.717) is 11.4 Å². The number of likely N-dealkylation sites (tertiary alicyclic amines) is 1. The van der Waals surface area contributed by atoms with Crippen molar-refractivity contribution < 1.29 is 4.79 Å². The topological polar surface area (TPSA) is 59.0 Å². The molecule has 5 nitrogen and oxygen atoms in total. The predicted octanol–water partition coefficient (Wildman–Crippen LogP) is 4.67. The molecule has 2 aromatic carbocycles. The van der Waals surface area contributed by atoms with Gasteiger partial charge in [-0.25, -0.2) is 9.97 Å². The summed E-state index contributed by atoms with van der Waals surface area (Å²) in [5, 5.41) is 0.975. The first-order valence-electron chi connectivity index (χ1n) is 9.84. The summed E-state index contributed by atoms with van der Waals surface area (Å²) in [6, 6.07) is 21.4. The minimum absolute atomic E-state index is 0.0300. The molecule has 1 unspecified atom stereocenters. The van der Waals surface area contributed by atoms with Crippen LogP contribution in [0.25, 0.3) is 22.3 Å². The molecule has 0 radical (unpaired) electrons. The van der Waals surface area contributed by atoms with Gasteiger partial charge >= 0.3 is 0 Å². The Morgan fingerprint density at radius 2 is 1.83 bits per heavy atom. The van der Waals surface area contributed by atoms with Crippen LogP contribution >= 0.6 is 0 Å². The quantitative estimate of drug-likeness (QED) is 0.518. The van der Waals surface area contributed by atoms with Crippen molar-refractivity contribution >= 4 is 16.8 Å². The molecule has 0 spiro atoms. The lowest BCUT2D eigenvalue weighted by molar-refractivity contribution is 0.0733. The second kappa shape index (κ2) is 7.43. The molecule has 1 atom stereocenters. The molecule has 29 heavy (non-hydrogen) atoms. The van der Waals surface area contributed by atoms with E-state index in [4.69, 9.17) is 4.98 Å². The lowest BCUT2D eigenvalue weighted by Crippen LogP contribution is -2.31. The van der Waals surface area contributed by atoms with E-state index in [9.17, 15) is 4.79 Å². The number of nitrogens with zero attached hydrogens (tertiary/aromatic N) is 4. The minimum atomic E-state index is -0.0300. The van der Waals surface area contributed by atoms with E-state index >= 15 is 0 Å². The third-order valence-corrected chi connectivity index (χ3v) is 5.41. The summed E-state index contributed by atoms with van der Waals surface area (Å²) in [5.41, 5.74) is 3.46. The third-order valence-electron chi connectivity index (χ3n) is 5.41. The van der Waals surface area contributed by atoms with Gasteiger partial charge in [0.1, 0.15) is 0 Å². The lowest BCUT2D eigenvalue weighted by Gasteiger charge is -2.24. The van der Waals surface area contributed by atoms with Gasteiger partial charge in [-0.15, -0.1) is 0 Å². The van der Waals surface area contributed by atoms with Crippen LogP contribution in [0.4, 0.5) is 0 Å². The first kappa shape index (κ1) is 17.5. The zero-order valence-corrected chi connectivity index (χ0v) is 15.9. The third kappa shape index (κ3) is 3.36. The van der Waals surface area contributed by atoms with Gasteiger partial charge in [-0.3, -0.25) is 9.78 Å². The van der Waals surface area contributed by atoms with E-state index in [1.807, 2.05) is 71.6 Å². The Labute approximate surface area is 169 Å². The number of aromatic nitrogens is 3. The Balaban J connectivity index is 1.46. The first-order chi connectivity index (χ1) is 14.3. The number of carbonyl (C=O) groups excluding carboxylic acids is 1. The van der Waals surface area contributed by atoms with Crippen molar-refractivity contribution in [2.75, 3.05) is 6.54 Å². The Morgan fingerprint density at radius 1 is 0.931 bits per heavy atom. The zero-order chi connectivity index (χ0) is 19.6. The normalized spacial score (nSPS) is 16.3. The van der Waals surface area contributed by atoms with Gasteiger partial charge in [0.05, 0.1) is 17.3 Å². The number of rotatable bonds is 3. The molecule has 0 N–H and O–H groups in total. The summed E-state index contributed by atoms with van der Waals surface area (Å²) >= 11 is 0. The monoisotopic (exact) mass is 380 g/mol. The van der Waals surface area contributed by atoms with E-state index < -0.39 is 0 Å². The Bertz CT molecular complexity index is 1180. The number of hydrogen-bond donors (Lipinski definition) is 0. The van der Waals surface area contributed by atoms with E-state index in [1.165, 1.54) is 0 Å². The highest BCUT2D eigenvalue weighted by Crippen LogP contribution is 2.33. The van der Waals surface area contributed by atoms with Crippen LogP contribution in [0.15, 0.2) is 79.1 Å². The number of hydrogen-bond acceptors (Lipinski definition) is 4. The fraction of sp³-hybridized carbons (Fsp3) is 0.167. The molecule has 5 heteroatoms. The zero-order valence-electron chi connectivity index (χ0n) is 15.9. The molecular formula is C24H20N4O. The molecule has 1 fully saturated rings. The summed E-state index contributed by atoms with van der Waals surface area (Å²) in [4.78, 5) is 28.8. The lowest BCUT2D eigenvalue weighted by atomic mass is 10.1. The molecule has 1 saturated heterocycles. The van der Waals surface area contributed by atoms with Gasteiger partial charge < -0.3 is 4.90 Å². The van der Waals surface area contributed by atoms with Crippen molar-refractivity contribution in [2.24, 2.45) is 0 Å². The van der Waals surface area contributed by atoms with Crippen molar-refractivity contribution in [1.29, 1.82) is 0 Å². The average Bonchev–Trinajstić information content (AvgIpc) is 3.29. The summed E-state index contributed by atoms with van der Waals surface area (Å²) in [7, 11) is 0. The van der Waals surface area contributed by atoms with Crippen molar-refractivity contribution in [3.8, 4) is 11.4 Å². The molecule has 2 aromatic heterocycles. The van der Waals surface area contributed by atoms with E-state index in [-0.39, 0.29) is 11.9 Å². The van der Waals surface area contributed by atoms with Crippen molar-refractivity contribution in [2.45, 2.75) is 18.9 Å². The SMILES string of the molecule is O=C(c1ccc2ncccc2c1)N1CCCC1c1ccnc(-c2ccccc2)n1. The highest BCUT2D eigenvalue weighted by atomic mass is 16.2. The number of pyridine rings is 1. The molecular weight excluding hydrogens is 360 g/mol. The van der Waals surface area contributed by atoms with Crippen LogP contribution in [-0.2, 0) is 0 Å². The average molecular weight is 380 g/mol. The smallest absolute Gasteiger partial charge is 0.254 e. The van der Waals surface area contributed by atoms with Gasteiger partial charge in [0.2, 0.25) is 0 Å². The van der Waals surface area contributed by atoms with E-state index in [2.05, 4.69) is 9.97 Å². The maximum Gasteiger partial charge on any atom is 0.254 e. The standard InChI is InChI=1S/C24H20N4O/c29-24(19-10-11-20-18(16-19)8-4-13-25-20)28-15-5-9-22(28)21-12-14-26-23(27-21)17-6-2-1-3-7-17/h1-4,6-8,10-14,16,22H,5,9,15H2. The molecule has 0 aliphatic carbocycles. The Morgan fingerprint density at radius 3 is 2.72 bits per heavy atom. The van der Waals surface area contributed by atoms with Gasteiger partial charge in [0, 0.05) is 35.5 Å². The molecule has 3 heterocycles. The number of benzene rings is 2. The number of carbonyl (C=O) groups is 1. The highest BCUT2D eigenvalue weighted by molar-refractivity contribution is 5.98. The Hall–Kier alpha value is -3.60. The molecule has 0 bridgehead atoms. The fourth-order valence-corrected chi connectivity index (χ4v) is 3.98. The molecule has 4 aromatic rings. The van der Waals surface area contributed by atoms with Crippen LogP contribution in [0.3, 0.4) is 0 Å². The van der Waals surface area contributed by atoms with Gasteiger partial charge in [-0.1, -0.05) is 36.4 Å². The molecule has 5 rings (SSSR count). The number of amides is 1. The molecule has 1 aliphatic rings. The minimum Gasteiger partial charge on any atom is -0.330 e.